The molecule has 3 atom stereocenters. The van der Waals surface area contributed by atoms with Gasteiger partial charge in [0.25, 0.3) is 0 Å². The molecule has 0 aromatic heterocycles. The Kier molecular flexibility index (Phi) is 1.29. The predicted molar refractivity (Wildman–Crippen MR) is 37.5 cm³/mol. The first kappa shape index (κ1) is 6.62. The first-order valence-electron chi connectivity index (χ1n) is 4.12. The van der Waals surface area contributed by atoms with Crippen molar-refractivity contribution in [2.24, 2.45) is 11.8 Å². The van der Waals surface area contributed by atoms with E-state index in [2.05, 4.69) is 0 Å². The Labute approximate surface area is 60.9 Å². The Bertz CT molecular complexity index is 146. The van der Waals surface area contributed by atoms with Crippen LogP contribution in [0.2, 0.25) is 0 Å². The van der Waals surface area contributed by atoms with Crippen molar-refractivity contribution in [1.82, 2.24) is 0 Å². The average Bonchev–Trinajstić information content (AvgIpc) is 2.34. The lowest BCUT2D eigenvalue weighted by Gasteiger charge is -2.04. The molecule has 2 N–H and O–H groups in total. The van der Waals surface area contributed by atoms with E-state index < -0.39 is 0 Å². The van der Waals surface area contributed by atoms with Gasteiger partial charge in [-0.2, -0.15) is 0 Å². The molecule has 0 heterocycles. The molecule has 0 bridgehead atoms. The standard InChI is InChI=1S/C8H14O2/c9-5-3-7-6-2-1-4-8(6,7)10/h6-7,9-10H,1-5H2. The minimum Gasteiger partial charge on any atom is -0.396 e. The molecule has 2 nitrogen and oxygen atoms in total. The van der Waals surface area contributed by atoms with Gasteiger partial charge in [-0.05, 0) is 31.1 Å². The summed E-state index contributed by atoms with van der Waals surface area (Å²) in [5.41, 5.74) is -0.331. The lowest BCUT2D eigenvalue weighted by Crippen LogP contribution is -2.09. The first-order valence-corrected chi connectivity index (χ1v) is 4.12. The van der Waals surface area contributed by atoms with Crippen LogP contribution in [0.1, 0.15) is 25.7 Å². The Hall–Kier alpha value is -0.0800. The van der Waals surface area contributed by atoms with E-state index in [1.165, 1.54) is 12.8 Å². The fraction of sp³-hybridized carbons (Fsp3) is 1.00. The van der Waals surface area contributed by atoms with Gasteiger partial charge in [-0.25, -0.2) is 0 Å². The molecule has 2 heteroatoms. The summed E-state index contributed by atoms with van der Waals surface area (Å²) in [6.07, 6.45) is 4.15. The van der Waals surface area contributed by atoms with Gasteiger partial charge in [-0.3, -0.25) is 0 Å². The zero-order valence-corrected chi connectivity index (χ0v) is 6.08. The molecular weight excluding hydrogens is 128 g/mol. The van der Waals surface area contributed by atoms with Crippen LogP contribution in [-0.4, -0.2) is 22.4 Å². The van der Waals surface area contributed by atoms with E-state index in [1.807, 2.05) is 0 Å². The molecule has 2 aliphatic rings. The van der Waals surface area contributed by atoms with E-state index in [0.717, 1.165) is 12.8 Å². The van der Waals surface area contributed by atoms with E-state index in [-0.39, 0.29) is 12.2 Å². The van der Waals surface area contributed by atoms with Crippen LogP contribution in [0.15, 0.2) is 0 Å². The van der Waals surface area contributed by atoms with E-state index in [0.29, 0.717) is 11.8 Å². The smallest absolute Gasteiger partial charge is 0.0712 e. The van der Waals surface area contributed by atoms with Gasteiger partial charge in [0.2, 0.25) is 0 Å². The second kappa shape index (κ2) is 1.95. The van der Waals surface area contributed by atoms with Crippen molar-refractivity contribution in [1.29, 1.82) is 0 Å². The third kappa shape index (κ3) is 0.663. The summed E-state index contributed by atoms with van der Waals surface area (Å²) < 4.78 is 0. The van der Waals surface area contributed by atoms with Crippen LogP contribution >= 0.6 is 0 Å². The molecule has 0 saturated heterocycles. The predicted octanol–water partition coefficient (Wildman–Crippen LogP) is 0.530. The highest BCUT2D eigenvalue weighted by Gasteiger charge is 2.64. The van der Waals surface area contributed by atoms with Crippen molar-refractivity contribution in [2.45, 2.75) is 31.3 Å². The summed E-state index contributed by atoms with van der Waals surface area (Å²) in [7, 11) is 0. The van der Waals surface area contributed by atoms with Gasteiger partial charge in [-0.1, -0.05) is 6.42 Å². The van der Waals surface area contributed by atoms with Crippen molar-refractivity contribution >= 4 is 0 Å². The Morgan fingerprint density at radius 1 is 1.50 bits per heavy atom. The molecule has 0 radical (unpaired) electrons. The SMILES string of the molecule is OCCC1C2CCCC12O. The molecule has 0 aromatic rings. The largest absolute Gasteiger partial charge is 0.396 e. The highest BCUT2D eigenvalue weighted by molar-refractivity contribution is 5.15. The van der Waals surface area contributed by atoms with E-state index in [4.69, 9.17) is 5.11 Å². The van der Waals surface area contributed by atoms with Crippen molar-refractivity contribution in [3.63, 3.8) is 0 Å². The van der Waals surface area contributed by atoms with Crippen LogP contribution in [0.3, 0.4) is 0 Å². The number of aliphatic hydroxyl groups excluding tert-OH is 1. The van der Waals surface area contributed by atoms with Crippen molar-refractivity contribution in [3.8, 4) is 0 Å². The van der Waals surface area contributed by atoms with Crippen LogP contribution in [0, 0.1) is 11.8 Å². The molecule has 0 spiro atoms. The second-order valence-corrected chi connectivity index (χ2v) is 3.61. The van der Waals surface area contributed by atoms with Crippen LogP contribution < -0.4 is 0 Å². The lowest BCUT2D eigenvalue weighted by atomic mass is 10.1. The lowest BCUT2D eigenvalue weighted by molar-refractivity contribution is 0.118. The molecule has 2 saturated carbocycles. The topological polar surface area (TPSA) is 40.5 Å². The van der Waals surface area contributed by atoms with Gasteiger partial charge < -0.3 is 10.2 Å². The Morgan fingerprint density at radius 2 is 2.30 bits per heavy atom. The number of fused-ring (bicyclic) bond motifs is 1. The maximum Gasteiger partial charge on any atom is 0.0712 e. The molecule has 0 aromatic carbocycles. The van der Waals surface area contributed by atoms with Gasteiger partial charge in [0, 0.05) is 6.61 Å². The Balaban J connectivity index is 1.95. The second-order valence-electron chi connectivity index (χ2n) is 3.61. The van der Waals surface area contributed by atoms with Crippen LogP contribution in [0.25, 0.3) is 0 Å². The minimum absolute atomic E-state index is 0.240. The summed E-state index contributed by atoms with van der Waals surface area (Å²) in [5.74, 6) is 0.978. The van der Waals surface area contributed by atoms with Gasteiger partial charge in [-0.15, -0.1) is 0 Å². The maximum absolute atomic E-state index is 9.75. The van der Waals surface area contributed by atoms with Crippen molar-refractivity contribution in [3.05, 3.63) is 0 Å². The molecule has 2 rings (SSSR count). The number of hydrogen-bond acceptors (Lipinski definition) is 2. The maximum atomic E-state index is 9.75. The highest BCUT2D eigenvalue weighted by atomic mass is 16.3. The summed E-state index contributed by atoms with van der Waals surface area (Å²) in [5, 5.41) is 18.4. The summed E-state index contributed by atoms with van der Waals surface area (Å²) >= 11 is 0. The van der Waals surface area contributed by atoms with Gasteiger partial charge in [0.15, 0.2) is 0 Å². The molecule has 2 fully saturated rings. The van der Waals surface area contributed by atoms with E-state index in [9.17, 15) is 5.11 Å². The van der Waals surface area contributed by atoms with Crippen molar-refractivity contribution < 1.29 is 10.2 Å². The van der Waals surface area contributed by atoms with E-state index in [1.54, 1.807) is 0 Å². The molecule has 2 aliphatic carbocycles. The quantitative estimate of drug-likeness (QED) is 0.590. The molecular formula is C8H14O2. The van der Waals surface area contributed by atoms with Crippen LogP contribution in [0.5, 0.6) is 0 Å². The Morgan fingerprint density at radius 3 is 2.80 bits per heavy atom. The molecule has 0 amide bonds. The third-order valence-corrected chi connectivity index (χ3v) is 3.19. The molecule has 0 aliphatic heterocycles. The van der Waals surface area contributed by atoms with Gasteiger partial charge in [0.05, 0.1) is 5.60 Å². The fourth-order valence-electron chi connectivity index (χ4n) is 2.60. The average molecular weight is 142 g/mol. The molecule has 10 heavy (non-hydrogen) atoms. The number of aliphatic hydroxyl groups is 2. The minimum atomic E-state index is -0.331. The monoisotopic (exact) mass is 142 g/mol. The fourth-order valence-corrected chi connectivity index (χ4v) is 2.60. The van der Waals surface area contributed by atoms with Crippen LogP contribution in [-0.2, 0) is 0 Å². The first-order chi connectivity index (χ1) is 4.79. The highest BCUT2D eigenvalue weighted by Crippen LogP contribution is 2.62. The van der Waals surface area contributed by atoms with Gasteiger partial charge in [0.1, 0.15) is 0 Å². The van der Waals surface area contributed by atoms with E-state index >= 15 is 0 Å². The molecule has 3 unspecified atom stereocenters. The zero-order valence-electron chi connectivity index (χ0n) is 6.08. The summed E-state index contributed by atoms with van der Waals surface area (Å²) in [6, 6.07) is 0. The number of hydrogen-bond donors (Lipinski definition) is 2. The summed E-state index contributed by atoms with van der Waals surface area (Å²) in [6.45, 7) is 0.240. The zero-order chi connectivity index (χ0) is 7.19. The van der Waals surface area contributed by atoms with Gasteiger partial charge >= 0.3 is 0 Å². The van der Waals surface area contributed by atoms with Crippen molar-refractivity contribution in [2.75, 3.05) is 6.61 Å². The third-order valence-electron chi connectivity index (χ3n) is 3.19. The normalized spacial score (nSPS) is 51.0. The van der Waals surface area contributed by atoms with Crippen LogP contribution in [0.4, 0.5) is 0 Å². The molecule has 58 valence electrons. The number of rotatable bonds is 2. The summed E-state index contributed by atoms with van der Waals surface area (Å²) in [4.78, 5) is 0.